The summed E-state index contributed by atoms with van der Waals surface area (Å²) in [5, 5.41) is 11.2. The van der Waals surface area contributed by atoms with Crippen molar-refractivity contribution in [3.8, 4) is 0 Å². The predicted octanol–water partition coefficient (Wildman–Crippen LogP) is 2.42. The molecule has 0 radical (unpaired) electrons. The van der Waals surface area contributed by atoms with Crippen molar-refractivity contribution in [1.29, 1.82) is 0 Å². The van der Waals surface area contributed by atoms with Crippen LogP contribution >= 0.6 is 0 Å². The van der Waals surface area contributed by atoms with E-state index in [2.05, 4.69) is 52.5 Å². The maximum atomic E-state index is 12.3. The van der Waals surface area contributed by atoms with E-state index in [1.165, 1.54) is 5.56 Å². The third-order valence-electron chi connectivity index (χ3n) is 4.62. The zero-order valence-corrected chi connectivity index (χ0v) is 14.3. The molecule has 0 unspecified atom stereocenters. The second-order valence-electron chi connectivity index (χ2n) is 6.48. The monoisotopic (exact) mass is 324 g/mol. The van der Waals surface area contributed by atoms with Crippen molar-refractivity contribution in [2.75, 3.05) is 18.0 Å². The number of nitrogens with zero attached hydrogens (tertiary/aromatic N) is 3. The van der Waals surface area contributed by atoms with Gasteiger partial charge in [0, 0.05) is 25.3 Å². The topological polar surface area (TPSA) is 58.1 Å². The molecule has 126 valence electrons. The molecule has 0 spiro atoms. The molecule has 1 atom stereocenters. The number of aromatic nitrogens is 2. The van der Waals surface area contributed by atoms with Crippen LogP contribution in [0.25, 0.3) is 0 Å². The fraction of sp³-hybridized carbons (Fsp3) is 0.421. The molecule has 1 aromatic carbocycles. The van der Waals surface area contributed by atoms with Crippen molar-refractivity contribution in [1.82, 2.24) is 15.5 Å². The van der Waals surface area contributed by atoms with E-state index in [9.17, 15) is 4.79 Å². The Hall–Kier alpha value is -2.43. The first-order valence-electron chi connectivity index (χ1n) is 8.50. The van der Waals surface area contributed by atoms with E-state index in [1.54, 1.807) is 6.20 Å². The van der Waals surface area contributed by atoms with Crippen molar-refractivity contribution in [2.24, 2.45) is 0 Å². The molecule has 0 bridgehead atoms. The van der Waals surface area contributed by atoms with Crippen LogP contribution in [0.5, 0.6) is 0 Å². The molecule has 2 heterocycles. The number of nitrogens with one attached hydrogen (secondary N) is 1. The Morgan fingerprint density at radius 2 is 2.21 bits per heavy atom. The van der Waals surface area contributed by atoms with Gasteiger partial charge in [-0.05, 0) is 49.9 Å². The molecule has 3 rings (SSSR count). The first-order valence-corrected chi connectivity index (χ1v) is 8.50. The summed E-state index contributed by atoms with van der Waals surface area (Å²) in [6.45, 7) is 5.73. The Bertz CT molecular complexity index is 702. The minimum atomic E-state index is 0.0784. The van der Waals surface area contributed by atoms with E-state index in [1.807, 2.05) is 12.1 Å². The van der Waals surface area contributed by atoms with Gasteiger partial charge in [0.1, 0.15) is 0 Å². The fourth-order valence-corrected chi connectivity index (χ4v) is 3.25. The standard InChI is InChI=1S/C19H24N4O/c1-14-7-8-15(2)16(11-14)12-19(24)20-13-17-5-4-10-23(17)18-6-3-9-21-22-18/h3,6-9,11,17H,4-5,10,12-13H2,1-2H3,(H,20,24)/t17-/m1/s1. The second kappa shape index (κ2) is 7.43. The molecule has 24 heavy (non-hydrogen) atoms. The van der Waals surface area contributed by atoms with Gasteiger partial charge in [-0.25, -0.2) is 0 Å². The zero-order valence-electron chi connectivity index (χ0n) is 14.3. The van der Waals surface area contributed by atoms with Crippen molar-refractivity contribution in [2.45, 2.75) is 39.2 Å². The third-order valence-corrected chi connectivity index (χ3v) is 4.62. The molecule has 0 saturated carbocycles. The highest BCUT2D eigenvalue weighted by molar-refractivity contribution is 5.79. The minimum absolute atomic E-state index is 0.0784. The van der Waals surface area contributed by atoms with Gasteiger partial charge in [0.05, 0.1) is 6.42 Å². The molecule has 1 aliphatic rings. The largest absolute Gasteiger partial charge is 0.354 e. The van der Waals surface area contributed by atoms with E-state index in [4.69, 9.17) is 0 Å². The van der Waals surface area contributed by atoms with Crippen molar-refractivity contribution >= 4 is 11.7 Å². The highest BCUT2D eigenvalue weighted by Crippen LogP contribution is 2.22. The summed E-state index contributed by atoms with van der Waals surface area (Å²) in [5.74, 6) is 0.971. The maximum Gasteiger partial charge on any atom is 0.224 e. The summed E-state index contributed by atoms with van der Waals surface area (Å²) < 4.78 is 0. The fourth-order valence-electron chi connectivity index (χ4n) is 3.25. The first kappa shape index (κ1) is 16.4. The number of anilines is 1. The van der Waals surface area contributed by atoms with Crippen LogP contribution in [0.3, 0.4) is 0 Å². The van der Waals surface area contributed by atoms with Crippen LogP contribution in [0.2, 0.25) is 0 Å². The average molecular weight is 324 g/mol. The Kier molecular flexibility index (Phi) is 5.08. The number of carbonyl (C=O) groups is 1. The molecule has 1 saturated heterocycles. The summed E-state index contributed by atoms with van der Waals surface area (Å²) >= 11 is 0. The van der Waals surface area contributed by atoms with Crippen LogP contribution < -0.4 is 10.2 Å². The van der Waals surface area contributed by atoms with Gasteiger partial charge < -0.3 is 10.2 Å². The summed E-state index contributed by atoms with van der Waals surface area (Å²) in [6.07, 6.45) is 4.31. The number of rotatable bonds is 5. The molecule has 0 aliphatic carbocycles. The van der Waals surface area contributed by atoms with E-state index < -0.39 is 0 Å². The number of hydrogen-bond acceptors (Lipinski definition) is 4. The van der Waals surface area contributed by atoms with Crippen molar-refractivity contribution in [3.05, 3.63) is 53.2 Å². The molecule has 5 heteroatoms. The van der Waals surface area contributed by atoms with Crippen LogP contribution in [-0.4, -0.2) is 35.2 Å². The Labute approximate surface area is 143 Å². The van der Waals surface area contributed by atoms with Crippen LogP contribution in [0.4, 0.5) is 5.82 Å². The molecule has 1 amide bonds. The molecule has 1 aliphatic heterocycles. The summed E-state index contributed by atoms with van der Waals surface area (Å²) in [7, 11) is 0. The van der Waals surface area contributed by atoms with Gasteiger partial charge in [-0.15, -0.1) is 5.10 Å². The lowest BCUT2D eigenvalue weighted by atomic mass is 10.0. The van der Waals surface area contributed by atoms with Gasteiger partial charge in [-0.3, -0.25) is 4.79 Å². The quantitative estimate of drug-likeness (QED) is 0.918. The second-order valence-corrected chi connectivity index (χ2v) is 6.48. The van der Waals surface area contributed by atoms with Gasteiger partial charge in [0.2, 0.25) is 5.91 Å². The van der Waals surface area contributed by atoms with Crippen molar-refractivity contribution in [3.63, 3.8) is 0 Å². The normalized spacial score (nSPS) is 17.1. The number of carbonyl (C=O) groups excluding carboxylic acids is 1. The molecule has 5 nitrogen and oxygen atoms in total. The summed E-state index contributed by atoms with van der Waals surface area (Å²) in [5.41, 5.74) is 3.45. The lowest BCUT2D eigenvalue weighted by molar-refractivity contribution is -0.120. The van der Waals surface area contributed by atoms with E-state index in [-0.39, 0.29) is 5.91 Å². The molecule has 2 aromatic rings. The maximum absolute atomic E-state index is 12.3. The van der Waals surface area contributed by atoms with Gasteiger partial charge in [-0.1, -0.05) is 23.8 Å². The van der Waals surface area contributed by atoms with Gasteiger partial charge in [-0.2, -0.15) is 5.10 Å². The van der Waals surface area contributed by atoms with Gasteiger partial charge in [0.15, 0.2) is 5.82 Å². The van der Waals surface area contributed by atoms with Crippen molar-refractivity contribution < 1.29 is 4.79 Å². The van der Waals surface area contributed by atoms with Gasteiger partial charge in [0.25, 0.3) is 0 Å². The van der Waals surface area contributed by atoms with E-state index in [0.717, 1.165) is 36.3 Å². The van der Waals surface area contributed by atoms with Crippen LogP contribution in [0.15, 0.2) is 36.5 Å². The van der Waals surface area contributed by atoms with Crippen LogP contribution in [0, 0.1) is 13.8 Å². The van der Waals surface area contributed by atoms with Crippen LogP contribution in [0.1, 0.15) is 29.5 Å². The molecule has 1 fully saturated rings. The van der Waals surface area contributed by atoms with E-state index >= 15 is 0 Å². The van der Waals surface area contributed by atoms with Gasteiger partial charge >= 0.3 is 0 Å². The minimum Gasteiger partial charge on any atom is -0.354 e. The molecule has 1 N–H and O–H groups in total. The third kappa shape index (κ3) is 3.91. The smallest absolute Gasteiger partial charge is 0.224 e. The highest BCUT2D eigenvalue weighted by Gasteiger charge is 2.26. The predicted molar refractivity (Wildman–Crippen MR) is 95.0 cm³/mol. The lowest BCUT2D eigenvalue weighted by Crippen LogP contribution is -2.41. The Morgan fingerprint density at radius 3 is 3.00 bits per heavy atom. The Balaban J connectivity index is 1.57. The average Bonchev–Trinajstić information content (AvgIpc) is 3.06. The SMILES string of the molecule is Cc1ccc(C)c(CC(=O)NC[C@H]2CCCN2c2cccnn2)c1. The molecule has 1 aromatic heterocycles. The molecular weight excluding hydrogens is 300 g/mol. The number of aryl methyl sites for hydroxylation is 2. The zero-order chi connectivity index (χ0) is 16.9. The summed E-state index contributed by atoms with van der Waals surface area (Å²) in [4.78, 5) is 14.6. The Morgan fingerprint density at radius 1 is 1.33 bits per heavy atom. The van der Waals surface area contributed by atoms with Crippen LogP contribution in [-0.2, 0) is 11.2 Å². The number of benzene rings is 1. The lowest BCUT2D eigenvalue weighted by Gasteiger charge is -2.25. The summed E-state index contributed by atoms with van der Waals surface area (Å²) in [6, 6.07) is 10.4. The number of hydrogen-bond donors (Lipinski definition) is 1. The number of amides is 1. The first-order chi connectivity index (χ1) is 11.6. The highest BCUT2D eigenvalue weighted by atomic mass is 16.1. The molecular formula is C19H24N4O. The van der Waals surface area contributed by atoms with E-state index in [0.29, 0.717) is 19.0 Å².